The zero-order valence-corrected chi connectivity index (χ0v) is 14.7. The molecule has 0 saturated heterocycles. The number of halogens is 4. The van der Waals surface area contributed by atoms with Gasteiger partial charge in [0.2, 0.25) is 0 Å². The zero-order valence-electron chi connectivity index (χ0n) is 14.0. The maximum atomic E-state index is 12.7. The fraction of sp³-hybridized carbons (Fsp3) is 0.0556. The molecular formula is C18H11ClF3N5O. The number of pyridine rings is 1. The number of hydrogen-bond donors (Lipinski definition) is 2. The lowest BCUT2D eigenvalue weighted by Crippen LogP contribution is -2.31. The fourth-order valence-electron chi connectivity index (χ4n) is 2.42. The first kappa shape index (κ1) is 19.3. The Morgan fingerprint density at radius 1 is 1.21 bits per heavy atom. The van der Waals surface area contributed by atoms with E-state index in [0.29, 0.717) is 23.5 Å². The number of nitriles is 1. The first-order chi connectivity index (χ1) is 13.3. The van der Waals surface area contributed by atoms with Gasteiger partial charge in [-0.05, 0) is 30.3 Å². The summed E-state index contributed by atoms with van der Waals surface area (Å²) in [5.74, 6) is -0.742. The lowest BCUT2D eigenvalue weighted by atomic mass is 10.2. The molecule has 0 atom stereocenters. The average molecular weight is 406 g/mol. The van der Waals surface area contributed by atoms with Gasteiger partial charge in [-0.3, -0.25) is 15.6 Å². The Morgan fingerprint density at radius 3 is 2.64 bits per heavy atom. The van der Waals surface area contributed by atoms with Crippen LogP contribution in [-0.4, -0.2) is 15.5 Å². The Kier molecular flexibility index (Phi) is 5.24. The molecule has 0 aliphatic heterocycles. The molecule has 3 aromatic rings. The molecule has 0 unspecified atom stereocenters. The number of hydrogen-bond acceptors (Lipinski definition) is 4. The van der Waals surface area contributed by atoms with Gasteiger partial charge in [-0.2, -0.15) is 18.4 Å². The lowest BCUT2D eigenvalue weighted by molar-refractivity contribution is -0.137. The Labute approximate surface area is 162 Å². The molecule has 0 saturated carbocycles. The van der Waals surface area contributed by atoms with E-state index in [1.54, 1.807) is 36.5 Å². The highest BCUT2D eigenvalue weighted by Crippen LogP contribution is 2.32. The second kappa shape index (κ2) is 7.62. The van der Waals surface area contributed by atoms with Gasteiger partial charge in [0.25, 0.3) is 5.91 Å². The van der Waals surface area contributed by atoms with E-state index in [4.69, 9.17) is 11.6 Å². The second-order valence-electron chi connectivity index (χ2n) is 5.52. The first-order valence-electron chi connectivity index (χ1n) is 7.77. The molecule has 0 fully saturated rings. The number of hydrazine groups is 1. The van der Waals surface area contributed by atoms with Crippen LogP contribution in [0.3, 0.4) is 0 Å². The average Bonchev–Trinajstić information content (AvgIpc) is 3.15. The van der Waals surface area contributed by atoms with Crippen LogP contribution in [-0.2, 0) is 6.18 Å². The predicted octanol–water partition coefficient (Wildman–Crippen LogP) is 4.17. The third-order valence-corrected chi connectivity index (χ3v) is 4.02. The number of amides is 1. The summed E-state index contributed by atoms with van der Waals surface area (Å²) in [6, 6.07) is 12.6. The van der Waals surface area contributed by atoms with Crippen molar-refractivity contribution in [2.45, 2.75) is 6.18 Å². The van der Waals surface area contributed by atoms with Gasteiger partial charge in [0.05, 0.1) is 21.8 Å². The SMILES string of the molecule is N#Cc1ccccc1-n1cccc1C(=O)NNc1ncc(C(F)(F)F)cc1Cl. The zero-order chi connectivity index (χ0) is 20.3. The van der Waals surface area contributed by atoms with Crippen LogP contribution in [0.5, 0.6) is 0 Å². The number of nitrogens with zero attached hydrogens (tertiary/aromatic N) is 3. The van der Waals surface area contributed by atoms with Crippen molar-refractivity contribution in [1.82, 2.24) is 15.0 Å². The van der Waals surface area contributed by atoms with Crippen LogP contribution in [0.25, 0.3) is 5.69 Å². The van der Waals surface area contributed by atoms with Crippen LogP contribution >= 0.6 is 11.6 Å². The van der Waals surface area contributed by atoms with E-state index in [1.807, 2.05) is 6.07 Å². The van der Waals surface area contributed by atoms with Crippen molar-refractivity contribution in [2.75, 3.05) is 5.43 Å². The number of nitrogens with one attached hydrogen (secondary N) is 2. The quantitative estimate of drug-likeness (QED) is 0.638. The summed E-state index contributed by atoms with van der Waals surface area (Å²) in [5.41, 5.74) is 4.79. The van der Waals surface area contributed by atoms with Crippen LogP contribution in [0.4, 0.5) is 19.0 Å². The summed E-state index contributed by atoms with van der Waals surface area (Å²) < 4.78 is 39.5. The van der Waals surface area contributed by atoms with Gasteiger partial charge in [0, 0.05) is 12.4 Å². The molecule has 1 aromatic carbocycles. The Hall–Kier alpha value is -3.51. The van der Waals surface area contributed by atoms with Crippen molar-refractivity contribution in [3.05, 3.63) is 76.7 Å². The standard InChI is InChI=1S/C18H11ClF3N5O/c19-13-8-12(18(20,21)22)10-24-16(13)25-26-17(28)15-6-3-7-27(15)14-5-2-1-4-11(14)9-23/h1-8,10H,(H,24,25)(H,26,28). The van der Waals surface area contributed by atoms with Crippen molar-refractivity contribution in [3.63, 3.8) is 0 Å². The summed E-state index contributed by atoms with van der Waals surface area (Å²) in [4.78, 5) is 16.1. The lowest BCUT2D eigenvalue weighted by Gasteiger charge is -2.13. The molecule has 0 bridgehead atoms. The summed E-state index contributed by atoms with van der Waals surface area (Å²) in [6.07, 6.45) is -2.37. The third-order valence-electron chi connectivity index (χ3n) is 3.73. The van der Waals surface area contributed by atoms with Crippen molar-refractivity contribution in [1.29, 1.82) is 5.26 Å². The molecule has 0 aliphatic rings. The second-order valence-corrected chi connectivity index (χ2v) is 5.93. The minimum atomic E-state index is -4.58. The fourth-order valence-corrected chi connectivity index (χ4v) is 2.63. The van der Waals surface area contributed by atoms with E-state index in [1.165, 1.54) is 10.6 Å². The number of aromatic nitrogens is 2. The third kappa shape index (κ3) is 3.92. The molecule has 0 spiro atoms. The van der Waals surface area contributed by atoms with Crippen molar-refractivity contribution in [2.24, 2.45) is 0 Å². The van der Waals surface area contributed by atoms with Crippen LogP contribution in [0.15, 0.2) is 54.9 Å². The van der Waals surface area contributed by atoms with Crippen LogP contribution in [0.1, 0.15) is 21.6 Å². The van der Waals surface area contributed by atoms with Gasteiger partial charge in [0.1, 0.15) is 11.8 Å². The molecule has 10 heteroatoms. The minimum absolute atomic E-state index is 0.140. The predicted molar refractivity (Wildman–Crippen MR) is 95.8 cm³/mol. The number of para-hydroxylation sites is 1. The van der Waals surface area contributed by atoms with Gasteiger partial charge in [-0.15, -0.1) is 0 Å². The minimum Gasteiger partial charge on any atom is -0.311 e. The Morgan fingerprint density at radius 2 is 1.96 bits per heavy atom. The van der Waals surface area contributed by atoms with Gasteiger partial charge in [-0.1, -0.05) is 23.7 Å². The molecule has 6 nitrogen and oxygen atoms in total. The largest absolute Gasteiger partial charge is 0.417 e. The maximum absolute atomic E-state index is 12.7. The van der Waals surface area contributed by atoms with Crippen LogP contribution in [0.2, 0.25) is 5.02 Å². The monoisotopic (exact) mass is 405 g/mol. The molecular weight excluding hydrogens is 395 g/mol. The molecule has 0 aliphatic carbocycles. The molecule has 0 radical (unpaired) electrons. The van der Waals surface area contributed by atoms with Crippen molar-refractivity contribution in [3.8, 4) is 11.8 Å². The normalized spacial score (nSPS) is 11.0. The maximum Gasteiger partial charge on any atom is 0.417 e. The number of rotatable bonds is 4. The molecule has 28 heavy (non-hydrogen) atoms. The summed E-state index contributed by atoms with van der Waals surface area (Å²) in [5, 5.41) is 8.92. The highest BCUT2D eigenvalue weighted by Gasteiger charge is 2.31. The van der Waals surface area contributed by atoms with E-state index < -0.39 is 17.6 Å². The van der Waals surface area contributed by atoms with Gasteiger partial charge >= 0.3 is 6.18 Å². The van der Waals surface area contributed by atoms with Gasteiger partial charge < -0.3 is 4.57 Å². The number of anilines is 1. The molecule has 3 rings (SSSR count). The topological polar surface area (TPSA) is 82.7 Å². The van der Waals surface area contributed by atoms with Crippen LogP contribution < -0.4 is 10.9 Å². The number of carbonyl (C=O) groups is 1. The molecule has 142 valence electrons. The van der Waals surface area contributed by atoms with Crippen molar-refractivity contribution < 1.29 is 18.0 Å². The van der Waals surface area contributed by atoms with Gasteiger partial charge in [0.15, 0.2) is 5.82 Å². The first-order valence-corrected chi connectivity index (χ1v) is 8.15. The van der Waals surface area contributed by atoms with E-state index in [-0.39, 0.29) is 16.5 Å². The molecule has 2 aromatic heterocycles. The smallest absolute Gasteiger partial charge is 0.311 e. The van der Waals surface area contributed by atoms with Crippen LogP contribution in [0, 0.1) is 11.3 Å². The molecule has 1 amide bonds. The number of benzene rings is 1. The Bertz CT molecular complexity index is 1070. The Balaban J connectivity index is 1.79. The number of alkyl halides is 3. The molecule has 2 heterocycles. The van der Waals surface area contributed by atoms with E-state index in [9.17, 15) is 23.2 Å². The van der Waals surface area contributed by atoms with E-state index in [2.05, 4.69) is 15.8 Å². The van der Waals surface area contributed by atoms with E-state index in [0.717, 1.165) is 0 Å². The summed E-state index contributed by atoms with van der Waals surface area (Å²) in [7, 11) is 0. The highest BCUT2D eigenvalue weighted by atomic mass is 35.5. The summed E-state index contributed by atoms with van der Waals surface area (Å²) in [6.45, 7) is 0. The number of carbonyl (C=O) groups excluding carboxylic acids is 1. The van der Waals surface area contributed by atoms with E-state index >= 15 is 0 Å². The van der Waals surface area contributed by atoms with Crippen molar-refractivity contribution >= 4 is 23.3 Å². The highest BCUT2D eigenvalue weighted by molar-refractivity contribution is 6.33. The summed E-state index contributed by atoms with van der Waals surface area (Å²) >= 11 is 5.79. The van der Waals surface area contributed by atoms with Gasteiger partial charge in [-0.25, -0.2) is 4.98 Å². The molecule has 2 N–H and O–H groups in total.